The maximum atomic E-state index is 6.09. The monoisotopic (exact) mass is 260 g/mol. The van der Waals surface area contributed by atoms with Gasteiger partial charge in [0.05, 0.1) is 0 Å². The Morgan fingerprint density at radius 1 is 1.11 bits per heavy atom. The Hall–Kier alpha value is -1.51. The van der Waals surface area contributed by atoms with Crippen molar-refractivity contribution in [2.75, 3.05) is 5.32 Å². The Balaban J connectivity index is 2.09. The molecule has 3 N–H and O–H groups in total. The van der Waals surface area contributed by atoms with Crippen LogP contribution in [-0.4, -0.2) is 0 Å². The Morgan fingerprint density at radius 2 is 1.83 bits per heavy atom. The molecular weight excluding hydrogens is 244 g/mol. The van der Waals surface area contributed by atoms with Gasteiger partial charge in [0.25, 0.3) is 0 Å². The fraction of sp³-hybridized carbons (Fsp3) is 0.200. The average molecular weight is 261 g/mol. The second kappa shape index (κ2) is 5.89. The van der Waals surface area contributed by atoms with E-state index in [-0.39, 0.29) is 0 Å². The zero-order valence-corrected chi connectivity index (χ0v) is 11.2. The quantitative estimate of drug-likeness (QED) is 0.879. The fourth-order valence-electron chi connectivity index (χ4n) is 1.86. The van der Waals surface area contributed by atoms with Crippen LogP contribution in [0.2, 0.25) is 5.02 Å². The van der Waals surface area contributed by atoms with Gasteiger partial charge in [0.15, 0.2) is 0 Å². The van der Waals surface area contributed by atoms with Crippen molar-refractivity contribution in [2.45, 2.75) is 20.0 Å². The summed E-state index contributed by atoms with van der Waals surface area (Å²) in [5.74, 6) is 0. The summed E-state index contributed by atoms with van der Waals surface area (Å²) >= 11 is 6.09. The summed E-state index contributed by atoms with van der Waals surface area (Å²) in [4.78, 5) is 0. The van der Waals surface area contributed by atoms with Crippen LogP contribution in [0.1, 0.15) is 16.7 Å². The Bertz CT molecular complexity index is 538. The number of nitrogens with one attached hydrogen (secondary N) is 1. The molecule has 2 aromatic rings. The van der Waals surface area contributed by atoms with Crippen molar-refractivity contribution in [3.05, 3.63) is 64.2 Å². The molecule has 0 spiro atoms. The molecule has 2 nitrogen and oxygen atoms in total. The lowest BCUT2D eigenvalue weighted by Gasteiger charge is -2.11. The van der Waals surface area contributed by atoms with Gasteiger partial charge in [-0.25, -0.2) is 0 Å². The number of hydrogen-bond donors (Lipinski definition) is 2. The lowest BCUT2D eigenvalue weighted by Crippen LogP contribution is -2.03. The van der Waals surface area contributed by atoms with Crippen molar-refractivity contribution < 1.29 is 0 Å². The van der Waals surface area contributed by atoms with Crippen LogP contribution in [0, 0.1) is 6.92 Å². The number of benzene rings is 2. The molecule has 0 aliphatic carbocycles. The average Bonchev–Trinajstić information content (AvgIpc) is 2.41. The van der Waals surface area contributed by atoms with E-state index < -0.39 is 0 Å². The fourth-order valence-corrected chi connectivity index (χ4v) is 2.04. The highest BCUT2D eigenvalue weighted by Crippen LogP contribution is 2.23. The van der Waals surface area contributed by atoms with E-state index in [1.165, 1.54) is 5.56 Å². The van der Waals surface area contributed by atoms with Gasteiger partial charge in [-0.3, -0.25) is 0 Å². The van der Waals surface area contributed by atoms with Crippen LogP contribution in [0.15, 0.2) is 42.5 Å². The first kappa shape index (κ1) is 12.9. The van der Waals surface area contributed by atoms with Crippen LogP contribution in [0.4, 0.5) is 5.69 Å². The molecule has 0 aliphatic heterocycles. The van der Waals surface area contributed by atoms with E-state index in [1.54, 1.807) is 0 Å². The lowest BCUT2D eigenvalue weighted by molar-refractivity contribution is 1.05. The number of rotatable bonds is 4. The van der Waals surface area contributed by atoms with Gasteiger partial charge in [-0.15, -0.1) is 0 Å². The molecule has 2 aromatic carbocycles. The molecule has 3 heteroatoms. The smallest absolute Gasteiger partial charge is 0.0455 e. The minimum atomic E-state index is 0.573. The summed E-state index contributed by atoms with van der Waals surface area (Å²) in [5, 5.41) is 4.18. The highest BCUT2D eigenvalue weighted by atomic mass is 35.5. The third-order valence-electron chi connectivity index (χ3n) is 2.98. The lowest BCUT2D eigenvalue weighted by atomic mass is 10.1. The number of anilines is 1. The molecule has 2 rings (SSSR count). The molecule has 0 aromatic heterocycles. The summed E-state index contributed by atoms with van der Waals surface area (Å²) in [5.41, 5.74) is 10.1. The van der Waals surface area contributed by atoms with E-state index in [9.17, 15) is 0 Å². The molecule has 0 saturated heterocycles. The van der Waals surface area contributed by atoms with Gasteiger partial charge in [0, 0.05) is 23.8 Å². The Morgan fingerprint density at radius 3 is 2.61 bits per heavy atom. The van der Waals surface area contributed by atoms with Crippen molar-refractivity contribution in [3.8, 4) is 0 Å². The molecule has 0 heterocycles. The van der Waals surface area contributed by atoms with Gasteiger partial charge in [0.2, 0.25) is 0 Å². The molecule has 0 unspecified atom stereocenters. The second-order valence-electron chi connectivity index (χ2n) is 4.29. The van der Waals surface area contributed by atoms with Crippen molar-refractivity contribution in [1.82, 2.24) is 0 Å². The highest BCUT2D eigenvalue weighted by molar-refractivity contribution is 6.31. The number of hydrogen-bond acceptors (Lipinski definition) is 2. The number of nitrogens with two attached hydrogens (primary N) is 1. The van der Waals surface area contributed by atoms with Gasteiger partial charge in [0.1, 0.15) is 0 Å². The third-order valence-corrected chi connectivity index (χ3v) is 3.39. The van der Waals surface area contributed by atoms with Crippen LogP contribution in [0.5, 0.6) is 0 Å². The summed E-state index contributed by atoms with van der Waals surface area (Å²) in [7, 11) is 0. The topological polar surface area (TPSA) is 38.0 Å². The van der Waals surface area contributed by atoms with Gasteiger partial charge in [-0.2, -0.15) is 0 Å². The van der Waals surface area contributed by atoms with Crippen molar-refractivity contribution in [1.29, 1.82) is 0 Å². The Labute approximate surface area is 113 Å². The van der Waals surface area contributed by atoms with E-state index in [2.05, 4.69) is 17.4 Å². The van der Waals surface area contributed by atoms with Crippen molar-refractivity contribution in [2.24, 2.45) is 5.73 Å². The molecule has 0 saturated carbocycles. The van der Waals surface area contributed by atoms with E-state index in [0.717, 1.165) is 28.4 Å². The molecule has 18 heavy (non-hydrogen) atoms. The SMILES string of the molecule is Cc1c(Cl)cccc1NCc1cccc(CN)c1. The molecule has 0 amide bonds. The summed E-state index contributed by atoms with van der Waals surface area (Å²) in [6.07, 6.45) is 0. The molecule has 0 atom stereocenters. The van der Waals surface area contributed by atoms with Crippen LogP contribution >= 0.6 is 11.6 Å². The van der Waals surface area contributed by atoms with Gasteiger partial charge < -0.3 is 11.1 Å². The third kappa shape index (κ3) is 3.03. The predicted octanol–water partition coefficient (Wildman–Crippen LogP) is 3.72. The zero-order valence-electron chi connectivity index (χ0n) is 10.4. The summed E-state index contributed by atoms with van der Waals surface area (Å²) in [6.45, 7) is 3.36. The normalized spacial score (nSPS) is 10.4. The maximum absolute atomic E-state index is 6.09. The van der Waals surface area contributed by atoms with Crippen LogP contribution in [0.25, 0.3) is 0 Å². The van der Waals surface area contributed by atoms with E-state index in [0.29, 0.717) is 6.54 Å². The molecule has 0 aliphatic rings. The van der Waals surface area contributed by atoms with Gasteiger partial charge >= 0.3 is 0 Å². The standard InChI is InChI=1S/C15H17ClN2/c1-11-14(16)6-3-7-15(11)18-10-13-5-2-4-12(8-13)9-17/h2-8,18H,9-10,17H2,1H3. The minimum Gasteiger partial charge on any atom is -0.381 e. The van der Waals surface area contributed by atoms with Gasteiger partial charge in [-0.1, -0.05) is 41.9 Å². The zero-order chi connectivity index (χ0) is 13.0. The maximum Gasteiger partial charge on any atom is 0.0455 e. The second-order valence-corrected chi connectivity index (χ2v) is 4.70. The van der Waals surface area contributed by atoms with Crippen LogP contribution in [-0.2, 0) is 13.1 Å². The highest BCUT2D eigenvalue weighted by Gasteiger charge is 2.01. The largest absolute Gasteiger partial charge is 0.381 e. The van der Waals surface area contributed by atoms with Crippen LogP contribution < -0.4 is 11.1 Å². The van der Waals surface area contributed by atoms with E-state index in [4.69, 9.17) is 17.3 Å². The molecule has 0 bridgehead atoms. The molecule has 0 fully saturated rings. The van der Waals surface area contributed by atoms with E-state index >= 15 is 0 Å². The number of halogens is 1. The van der Waals surface area contributed by atoms with Crippen molar-refractivity contribution >= 4 is 17.3 Å². The molecule has 0 radical (unpaired) electrons. The van der Waals surface area contributed by atoms with Crippen molar-refractivity contribution in [3.63, 3.8) is 0 Å². The minimum absolute atomic E-state index is 0.573. The summed E-state index contributed by atoms with van der Waals surface area (Å²) < 4.78 is 0. The van der Waals surface area contributed by atoms with E-state index in [1.807, 2.05) is 37.3 Å². The first-order valence-corrected chi connectivity index (χ1v) is 6.35. The first-order valence-electron chi connectivity index (χ1n) is 5.97. The summed E-state index contributed by atoms with van der Waals surface area (Å²) in [6, 6.07) is 14.2. The van der Waals surface area contributed by atoms with Gasteiger partial charge in [-0.05, 0) is 35.7 Å². The molecule has 94 valence electrons. The first-order chi connectivity index (χ1) is 8.70. The Kier molecular flexibility index (Phi) is 4.24. The predicted molar refractivity (Wildman–Crippen MR) is 77.8 cm³/mol. The van der Waals surface area contributed by atoms with Crippen LogP contribution in [0.3, 0.4) is 0 Å². The molecular formula is C15H17ClN2.